The molecule has 4 nitrogen and oxygen atoms in total. The highest BCUT2D eigenvalue weighted by molar-refractivity contribution is 7.19. The highest BCUT2D eigenvalue weighted by Crippen LogP contribution is 2.37. The Balaban J connectivity index is 1.55. The molecular formula is C21H18N2O2S2. The third-order valence-corrected chi connectivity index (χ3v) is 5.99. The van der Waals surface area contributed by atoms with Crippen LogP contribution in [0.25, 0.3) is 21.0 Å². The van der Waals surface area contributed by atoms with Crippen LogP contribution in [-0.2, 0) is 0 Å². The molecule has 4 rings (SSSR count). The first-order valence-corrected chi connectivity index (χ1v) is 10.1. The molecule has 0 fully saturated rings. The number of benzene rings is 2. The van der Waals surface area contributed by atoms with Gasteiger partial charge in [-0.25, -0.2) is 4.98 Å². The number of hydrogen-bond acceptors (Lipinski definition) is 6. The van der Waals surface area contributed by atoms with Crippen molar-refractivity contribution in [3.8, 4) is 32.5 Å². The molecular weight excluding hydrogens is 376 g/mol. The van der Waals surface area contributed by atoms with E-state index in [9.17, 15) is 0 Å². The molecule has 27 heavy (non-hydrogen) atoms. The average Bonchev–Trinajstić information content (AvgIpc) is 3.38. The summed E-state index contributed by atoms with van der Waals surface area (Å²) < 4.78 is 10.7. The van der Waals surface area contributed by atoms with Gasteiger partial charge in [-0.2, -0.15) is 0 Å². The first-order chi connectivity index (χ1) is 13.3. The summed E-state index contributed by atoms with van der Waals surface area (Å²) in [5, 5.41) is 6.23. The molecule has 1 N–H and O–H groups in total. The SMILES string of the molecule is COc1ccc(Nc2nc(-c3ccc(-c4ccccc4)s3)cs2)c(OC)c1. The molecule has 2 aromatic heterocycles. The fourth-order valence-corrected chi connectivity index (χ4v) is 4.46. The van der Waals surface area contributed by atoms with Gasteiger partial charge in [-0.15, -0.1) is 22.7 Å². The molecule has 0 saturated heterocycles. The largest absolute Gasteiger partial charge is 0.497 e. The molecule has 136 valence electrons. The highest BCUT2D eigenvalue weighted by atomic mass is 32.1. The normalized spacial score (nSPS) is 10.6. The molecule has 0 atom stereocenters. The zero-order valence-corrected chi connectivity index (χ0v) is 16.6. The van der Waals surface area contributed by atoms with Gasteiger partial charge in [-0.3, -0.25) is 0 Å². The van der Waals surface area contributed by atoms with Crippen LogP contribution in [0, 0.1) is 0 Å². The molecule has 0 aliphatic heterocycles. The molecule has 0 aliphatic carbocycles. The molecule has 0 radical (unpaired) electrons. The van der Waals surface area contributed by atoms with Gasteiger partial charge < -0.3 is 14.8 Å². The third-order valence-electron chi connectivity index (χ3n) is 4.07. The summed E-state index contributed by atoms with van der Waals surface area (Å²) in [6.07, 6.45) is 0. The van der Waals surface area contributed by atoms with E-state index < -0.39 is 0 Å². The van der Waals surface area contributed by atoms with E-state index in [2.05, 4.69) is 47.1 Å². The maximum Gasteiger partial charge on any atom is 0.187 e. The van der Waals surface area contributed by atoms with E-state index in [0.717, 1.165) is 27.1 Å². The minimum absolute atomic E-state index is 0.716. The van der Waals surface area contributed by atoms with E-state index in [1.54, 1.807) is 36.9 Å². The van der Waals surface area contributed by atoms with E-state index in [0.29, 0.717) is 5.75 Å². The molecule has 4 aromatic rings. The third kappa shape index (κ3) is 3.82. The lowest BCUT2D eigenvalue weighted by atomic mass is 10.2. The Hall–Kier alpha value is -2.83. The number of methoxy groups -OCH3 is 2. The highest BCUT2D eigenvalue weighted by Gasteiger charge is 2.11. The van der Waals surface area contributed by atoms with Crippen LogP contribution in [0.3, 0.4) is 0 Å². The number of anilines is 2. The van der Waals surface area contributed by atoms with Crippen molar-refractivity contribution in [1.29, 1.82) is 0 Å². The predicted molar refractivity (Wildman–Crippen MR) is 114 cm³/mol. The summed E-state index contributed by atoms with van der Waals surface area (Å²) in [5.41, 5.74) is 3.06. The summed E-state index contributed by atoms with van der Waals surface area (Å²) in [5.74, 6) is 1.47. The minimum atomic E-state index is 0.716. The minimum Gasteiger partial charge on any atom is -0.497 e. The van der Waals surface area contributed by atoms with Gasteiger partial charge in [0.15, 0.2) is 5.13 Å². The van der Waals surface area contributed by atoms with Crippen molar-refractivity contribution in [2.75, 3.05) is 19.5 Å². The first kappa shape index (κ1) is 17.6. The second-order valence-electron chi connectivity index (χ2n) is 5.76. The lowest BCUT2D eigenvalue weighted by Gasteiger charge is -2.10. The number of aromatic nitrogens is 1. The van der Waals surface area contributed by atoms with Gasteiger partial charge in [0.05, 0.1) is 30.5 Å². The molecule has 0 amide bonds. The molecule has 2 aromatic carbocycles. The molecule has 0 unspecified atom stereocenters. The van der Waals surface area contributed by atoms with Gasteiger partial charge in [0.2, 0.25) is 0 Å². The summed E-state index contributed by atoms with van der Waals surface area (Å²) in [4.78, 5) is 7.13. The van der Waals surface area contributed by atoms with Crippen LogP contribution in [-0.4, -0.2) is 19.2 Å². The van der Waals surface area contributed by atoms with Crippen molar-refractivity contribution in [1.82, 2.24) is 4.98 Å². The van der Waals surface area contributed by atoms with Gasteiger partial charge in [0, 0.05) is 16.3 Å². The molecule has 0 bridgehead atoms. The Kier molecular flexibility index (Phi) is 5.09. The lowest BCUT2D eigenvalue weighted by Crippen LogP contribution is -1.95. The first-order valence-electron chi connectivity index (χ1n) is 8.37. The van der Waals surface area contributed by atoms with Crippen molar-refractivity contribution in [3.63, 3.8) is 0 Å². The average molecular weight is 395 g/mol. The van der Waals surface area contributed by atoms with E-state index in [-0.39, 0.29) is 0 Å². The topological polar surface area (TPSA) is 43.4 Å². The quantitative estimate of drug-likeness (QED) is 0.417. The zero-order valence-electron chi connectivity index (χ0n) is 14.9. The number of hydrogen-bond donors (Lipinski definition) is 1. The fraction of sp³-hybridized carbons (Fsp3) is 0.0952. The van der Waals surface area contributed by atoms with Crippen molar-refractivity contribution >= 4 is 33.5 Å². The van der Waals surface area contributed by atoms with E-state index in [4.69, 9.17) is 14.5 Å². The Bertz CT molecular complexity index is 1040. The number of rotatable bonds is 6. The molecule has 6 heteroatoms. The van der Waals surface area contributed by atoms with Crippen molar-refractivity contribution < 1.29 is 9.47 Å². The lowest BCUT2D eigenvalue weighted by molar-refractivity contribution is 0.395. The maximum absolute atomic E-state index is 5.44. The van der Waals surface area contributed by atoms with Crippen molar-refractivity contribution in [2.24, 2.45) is 0 Å². The summed E-state index contributed by atoms with van der Waals surface area (Å²) in [7, 11) is 3.28. The molecule has 0 spiro atoms. The van der Waals surface area contributed by atoms with Gasteiger partial charge in [0.1, 0.15) is 11.5 Å². The summed E-state index contributed by atoms with van der Waals surface area (Å²) in [6, 6.07) is 20.3. The Labute approximate surface area is 166 Å². The summed E-state index contributed by atoms with van der Waals surface area (Å²) >= 11 is 3.32. The number of nitrogens with zero attached hydrogens (tertiary/aromatic N) is 1. The van der Waals surface area contributed by atoms with Crippen LogP contribution < -0.4 is 14.8 Å². The predicted octanol–water partition coefficient (Wildman–Crippen LogP) is 6.30. The van der Waals surface area contributed by atoms with Gasteiger partial charge in [-0.1, -0.05) is 30.3 Å². The Morgan fingerprint density at radius 1 is 0.889 bits per heavy atom. The van der Waals surface area contributed by atoms with E-state index in [1.807, 2.05) is 24.3 Å². The maximum atomic E-state index is 5.44. The van der Waals surface area contributed by atoms with Gasteiger partial charge in [-0.05, 0) is 29.8 Å². The van der Waals surface area contributed by atoms with Crippen molar-refractivity contribution in [2.45, 2.75) is 0 Å². The van der Waals surface area contributed by atoms with Crippen LogP contribution in [0.15, 0.2) is 66.0 Å². The van der Waals surface area contributed by atoms with Crippen LogP contribution in [0.1, 0.15) is 0 Å². The Morgan fingerprint density at radius 3 is 2.48 bits per heavy atom. The van der Waals surface area contributed by atoms with Gasteiger partial charge in [0.25, 0.3) is 0 Å². The van der Waals surface area contributed by atoms with E-state index >= 15 is 0 Å². The Morgan fingerprint density at radius 2 is 1.70 bits per heavy atom. The van der Waals surface area contributed by atoms with Gasteiger partial charge >= 0.3 is 0 Å². The summed E-state index contributed by atoms with van der Waals surface area (Å²) in [6.45, 7) is 0. The zero-order chi connectivity index (χ0) is 18.6. The van der Waals surface area contributed by atoms with Crippen LogP contribution >= 0.6 is 22.7 Å². The second-order valence-corrected chi connectivity index (χ2v) is 7.70. The second kappa shape index (κ2) is 7.82. The smallest absolute Gasteiger partial charge is 0.187 e. The van der Waals surface area contributed by atoms with Crippen LogP contribution in [0.4, 0.5) is 10.8 Å². The number of thiazole rings is 1. The number of ether oxygens (including phenoxy) is 2. The number of thiophene rings is 1. The molecule has 0 saturated carbocycles. The standard InChI is InChI=1S/C21H18N2O2S2/c1-24-15-8-9-16(18(12-15)25-2)22-21-23-17(13-26-21)20-11-10-19(27-20)14-6-4-3-5-7-14/h3-13H,1-2H3,(H,22,23). The molecule has 2 heterocycles. The monoisotopic (exact) mass is 394 g/mol. The fourth-order valence-electron chi connectivity index (χ4n) is 2.69. The van der Waals surface area contributed by atoms with Crippen molar-refractivity contribution in [3.05, 3.63) is 66.0 Å². The van der Waals surface area contributed by atoms with E-state index in [1.165, 1.54) is 10.4 Å². The molecule has 0 aliphatic rings. The van der Waals surface area contributed by atoms with Crippen LogP contribution in [0.2, 0.25) is 0 Å². The number of nitrogens with one attached hydrogen (secondary N) is 1. The van der Waals surface area contributed by atoms with Crippen LogP contribution in [0.5, 0.6) is 11.5 Å².